The van der Waals surface area contributed by atoms with E-state index in [9.17, 15) is 9.90 Å². The quantitative estimate of drug-likeness (QED) is 0.659. The van der Waals surface area contributed by atoms with E-state index in [0.29, 0.717) is 11.1 Å². The molecule has 0 fully saturated rings. The van der Waals surface area contributed by atoms with Gasteiger partial charge >= 0.3 is 0 Å². The number of nitrogens with one attached hydrogen (secondary N) is 1. The molecule has 21 heavy (non-hydrogen) atoms. The molecule has 5 heteroatoms. The molecular formula is C16H15BrN2O2. The average Bonchev–Trinajstić information content (AvgIpc) is 2.41. The third-order valence-corrected chi connectivity index (χ3v) is 3.34. The molecule has 2 aromatic carbocycles. The molecule has 2 aromatic rings. The van der Waals surface area contributed by atoms with Crippen LogP contribution in [-0.2, 0) is 0 Å². The van der Waals surface area contributed by atoms with E-state index in [2.05, 4.69) is 26.5 Å². The van der Waals surface area contributed by atoms with Gasteiger partial charge in [-0.2, -0.15) is 5.10 Å². The van der Waals surface area contributed by atoms with E-state index in [1.54, 1.807) is 30.3 Å². The fourth-order valence-corrected chi connectivity index (χ4v) is 2.34. The summed E-state index contributed by atoms with van der Waals surface area (Å²) in [6.45, 7) is 3.87. The first-order valence-electron chi connectivity index (χ1n) is 6.36. The lowest BCUT2D eigenvalue weighted by molar-refractivity contribution is 0.0955. The zero-order valence-corrected chi connectivity index (χ0v) is 13.3. The molecular weight excluding hydrogens is 332 g/mol. The van der Waals surface area contributed by atoms with Gasteiger partial charge in [-0.15, -0.1) is 0 Å². The number of rotatable bonds is 3. The van der Waals surface area contributed by atoms with Crippen LogP contribution in [0.5, 0.6) is 5.75 Å². The molecule has 0 saturated heterocycles. The Morgan fingerprint density at radius 1 is 1.19 bits per heavy atom. The van der Waals surface area contributed by atoms with Crippen molar-refractivity contribution in [2.45, 2.75) is 13.8 Å². The number of carbonyl (C=O) groups is 1. The van der Waals surface area contributed by atoms with Gasteiger partial charge in [-0.25, -0.2) is 5.43 Å². The van der Waals surface area contributed by atoms with E-state index in [4.69, 9.17) is 0 Å². The highest BCUT2D eigenvalue weighted by molar-refractivity contribution is 9.10. The first kappa shape index (κ1) is 15.3. The van der Waals surface area contributed by atoms with Crippen LogP contribution in [0.3, 0.4) is 0 Å². The number of hydrogen-bond acceptors (Lipinski definition) is 3. The number of nitrogens with zero attached hydrogens (tertiary/aromatic N) is 1. The summed E-state index contributed by atoms with van der Waals surface area (Å²) >= 11 is 3.31. The highest BCUT2D eigenvalue weighted by Crippen LogP contribution is 2.19. The molecule has 0 bridgehead atoms. The van der Waals surface area contributed by atoms with Crippen molar-refractivity contribution in [2.75, 3.05) is 0 Å². The Bertz CT molecular complexity index is 691. The second kappa shape index (κ2) is 6.54. The predicted octanol–water partition coefficient (Wildman–Crippen LogP) is 3.54. The maximum absolute atomic E-state index is 12.0. The number of benzene rings is 2. The van der Waals surface area contributed by atoms with E-state index < -0.39 is 0 Å². The van der Waals surface area contributed by atoms with Gasteiger partial charge in [0.1, 0.15) is 5.75 Å². The van der Waals surface area contributed by atoms with Gasteiger partial charge in [0.05, 0.1) is 6.21 Å². The SMILES string of the molecule is Cc1cc(C)cc(C(=O)N/N=C/c2cc(Br)ccc2O)c1. The van der Waals surface area contributed by atoms with Crippen molar-refractivity contribution >= 4 is 28.1 Å². The number of amides is 1. The van der Waals surface area contributed by atoms with Crippen LogP contribution in [0.4, 0.5) is 0 Å². The molecule has 0 aromatic heterocycles. The fourth-order valence-electron chi connectivity index (χ4n) is 1.96. The normalized spacial score (nSPS) is 10.8. The topological polar surface area (TPSA) is 61.7 Å². The van der Waals surface area contributed by atoms with Crippen molar-refractivity contribution in [1.82, 2.24) is 5.43 Å². The number of aryl methyl sites for hydroxylation is 2. The van der Waals surface area contributed by atoms with Gasteiger partial charge in [-0.3, -0.25) is 4.79 Å². The van der Waals surface area contributed by atoms with Gasteiger partial charge < -0.3 is 5.11 Å². The van der Waals surface area contributed by atoms with Gasteiger partial charge in [0.15, 0.2) is 0 Å². The average molecular weight is 347 g/mol. The van der Waals surface area contributed by atoms with Crippen LogP contribution in [0, 0.1) is 13.8 Å². The van der Waals surface area contributed by atoms with E-state index in [1.807, 2.05) is 19.9 Å². The number of halogens is 1. The van der Waals surface area contributed by atoms with Crippen LogP contribution in [0.2, 0.25) is 0 Å². The minimum atomic E-state index is -0.285. The zero-order valence-electron chi connectivity index (χ0n) is 11.7. The summed E-state index contributed by atoms with van der Waals surface area (Å²) in [6.07, 6.45) is 1.40. The van der Waals surface area contributed by atoms with Crippen LogP contribution in [-0.4, -0.2) is 17.2 Å². The molecule has 0 unspecified atom stereocenters. The van der Waals surface area contributed by atoms with E-state index in [0.717, 1.165) is 15.6 Å². The molecule has 0 spiro atoms. The summed E-state index contributed by atoms with van der Waals surface area (Å²) in [6, 6.07) is 10.6. The Labute approximate surface area is 131 Å². The zero-order chi connectivity index (χ0) is 15.4. The van der Waals surface area contributed by atoms with E-state index in [-0.39, 0.29) is 11.7 Å². The lowest BCUT2D eigenvalue weighted by Gasteiger charge is -2.03. The Morgan fingerprint density at radius 3 is 2.52 bits per heavy atom. The molecule has 0 radical (unpaired) electrons. The number of phenols is 1. The van der Waals surface area contributed by atoms with Gasteiger partial charge in [-0.05, 0) is 44.2 Å². The fraction of sp³-hybridized carbons (Fsp3) is 0.125. The predicted molar refractivity (Wildman–Crippen MR) is 86.8 cm³/mol. The summed E-state index contributed by atoms with van der Waals surface area (Å²) in [5.74, 6) is -0.185. The third kappa shape index (κ3) is 4.16. The molecule has 1 amide bonds. The monoisotopic (exact) mass is 346 g/mol. The first-order valence-corrected chi connectivity index (χ1v) is 7.15. The van der Waals surface area contributed by atoms with Crippen molar-refractivity contribution in [3.63, 3.8) is 0 Å². The van der Waals surface area contributed by atoms with E-state index in [1.165, 1.54) is 6.21 Å². The van der Waals surface area contributed by atoms with Gasteiger partial charge in [0.25, 0.3) is 5.91 Å². The van der Waals surface area contributed by atoms with Gasteiger partial charge in [0, 0.05) is 15.6 Å². The smallest absolute Gasteiger partial charge is 0.271 e. The maximum Gasteiger partial charge on any atom is 0.271 e. The summed E-state index contributed by atoms with van der Waals surface area (Å²) in [4.78, 5) is 12.0. The number of aromatic hydroxyl groups is 1. The van der Waals surface area contributed by atoms with Gasteiger partial charge in [-0.1, -0.05) is 33.1 Å². The Hall–Kier alpha value is -2.14. The van der Waals surface area contributed by atoms with Crippen molar-refractivity contribution in [1.29, 1.82) is 0 Å². The second-order valence-corrected chi connectivity index (χ2v) is 5.69. The van der Waals surface area contributed by atoms with Crippen molar-refractivity contribution in [3.05, 3.63) is 63.1 Å². The molecule has 108 valence electrons. The van der Waals surface area contributed by atoms with Gasteiger partial charge in [0.2, 0.25) is 0 Å². The molecule has 0 aliphatic rings. The minimum Gasteiger partial charge on any atom is -0.507 e. The van der Waals surface area contributed by atoms with Crippen molar-refractivity contribution < 1.29 is 9.90 Å². The molecule has 0 aliphatic heterocycles. The number of carbonyl (C=O) groups excluding carboxylic acids is 1. The molecule has 0 aliphatic carbocycles. The maximum atomic E-state index is 12.0. The molecule has 2 rings (SSSR count). The Balaban J connectivity index is 2.10. The summed E-state index contributed by atoms with van der Waals surface area (Å²) in [5, 5.41) is 13.5. The highest BCUT2D eigenvalue weighted by atomic mass is 79.9. The van der Waals surface area contributed by atoms with Crippen LogP contribution >= 0.6 is 15.9 Å². The van der Waals surface area contributed by atoms with Crippen LogP contribution in [0.25, 0.3) is 0 Å². The van der Waals surface area contributed by atoms with Crippen molar-refractivity contribution in [3.8, 4) is 5.75 Å². The van der Waals surface area contributed by atoms with Crippen LogP contribution < -0.4 is 5.43 Å². The standard InChI is InChI=1S/C16H15BrN2O2/c1-10-5-11(2)7-12(6-10)16(21)19-18-9-13-8-14(17)3-4-15(13)20/h3-9,20H,1-2H3,(H,19,21)/b18-9+. The highest BCUT2D eigenvalue weighted by Gasteiger charge is 2.05. The molecule has 0 atom stereocenters. The molecule has 2 N–H and O–H groups in total. The molecule has 4 nitrogen and oxygen atoms in total. The third-order valence-electron chi connectivity index (χ3n) is 2.84. The Morgan fingerprint density at radius 2 is 1.86 bits per heavy atom. The van der Waals surface area contributed by atoms with Crippen LogP contribution in [0.15, 0.2) is 46.0 Å². The first-order chi connectivity index (χ1) is 9.95. The van der Waals surface area contributed by atoms with Crippen LogP contribution in [0.1, 0.15) is 27.0 Å². The van der Waals surface area contributed by atoms with E-state index >= 15 is 0 Å². The largest absolute Gasteiger partial charge is 0.507 e. The summed E-state index contributed by atoms with van der Waals surface area (Å²) in [5.41, 5.74) is 5.57. The minimum absolute atomic E-state index is 0.0996. The number of hydrogen-bond donors (Lipinski definition) is 2. The lowest BCUT2D eigenvalue weighted by atomic mass is 10.1. The second-order valence-electron chi connectivity index (χ2n) is 4.78. The molecule has 0 saturated carbocycles. The Kier molecular flexibility index (Phi) is 4.75. The summed E-state index contributed by atoms with van der Waals surface area (Å²) < 4.78 is 0.822. The summed E-state index contributed by atoms with van der Waals surface area (Å²) in [7, 11) is 0. The number of hydrazone groups is 1. The van der Waals surface area contributed by atoms with Crippen molar-refractivity contribution in [2.24, 2.45) is 5.10 Å². The number of phenolic OH excluding ortho intramolecular Hbond substituents is 1. The molecule has 0 heterocycles. The lowest BCUT2D eigenvalue weighted by Crippen LogP contribution is -2.17.